The second-order valence-electron chi connectivity index (χ2n) is 10.4. The summed E-state index contributed by atoms with van der Waals surface area (Å²) in [5.41, 5.74) is 0.511. The van der Waals surface area contributed by atoms with Gasteiger partial charge in [-0.1, -0.05) is 79.9 Å². The lowest BCUT2D eigenvalue weighted by Crippen LogP contribution is -2.52. The van der Waals surface area contributed by atoms with Crippen LogP contribution in [0.25, 0.3) is 0 Å². The maximum atomic E-state index is 13.5. The number of nitrogens with zero attached hydrogens (tertiary/aromatic N) is 1. The standard InChI is InChI=1S/C29H40NO3/c1-30(21-11-15-24-13-5-2-6-14-24)22-12-20-27(30)23-33-28(31)29(32,25-16-7-3-8-17-25)26-18-9-4-10-19-26/h2-3,5-8,13-14,16-17,26-27,32H,4,9-12,15,18-23H2,1H3/q+1/t27?,29-,30?/m0/s1. The molecule has 1 aliphatic carbocycles. The lowest BCUT2D eigenvalue weighted by Gasteiger charge is -2.39. The number of benzene rings is 2. The number of quaternary nitrogens is 1. The molecular formula is C29H40NO3+. The summed E-state index contributed by atoms with van der Waals surface area (Å²) in [5.74, 6) is -0.528. The molecule has 4 rings (SSSR count). The van der Waals surface area contributed by atoms with Crippen LogP contribution in [-0.2, 0) is 21.6 Å². The van der Waals surface area contributed by atoms with E-state index in [9.17, 15) is 9.90 Å². The first-order valence-corrected chi connectivity index (χ1v) is 12.9. The van der Waals surface area contributed by atoms with E-state index >= 15 is 0 Å². The third-order valence-electron chi connectivity index (χ3n) is 8.19. The summed E-state index contributed by atoms with van der Waals surface area (Å²) in [5, 5.41) is 11.8. The van der Waals surface area contributed by atoms with Gasteiger partial charge in [-0.05, 0) is 30.4 Å². The van der Waals surface area contributed by atoms with Gasteiger partial charge < -0.3 is 14.3 Å². The van der Waals surface area contributed by atoms with Gasteiger partial charge in [0.05, 0.1) is 20.1 Å². The molecule has 1 N–H and O–H groups in total. The Labute approximate surface area is 199 Å². The van der Waals surface area contributed by atoms with Crippen LogP contribution in [-0.4, -0.2) is 48.3 Å². The Balaban J connectivity index is 1.39. The maximum absolute atomic E-state index is 13.5. The van der Waals surface area contributed by atoms with Crippen LogP contribution < -0.4 is 0 Å². The molecule has 0 amide bonds. The average molecular weight is 451 g/mol. The van der Waals surface area contributed by atoms with Crippen molar-refractivity contribution >= 4 is 5.97 Å². The smallest absolute Gasteiger partial charge is 0.343 e. The van der Waals surface area contributed by atoms with Crippen molar-refractivity contribution in [3.05, 3.63) is 71.8 Å². The largest absolute Gasteiger partial charge is 0.457 e. The molecule has 2 unspecified atom stereocenters. The minimum Gasteiger partial charge on any atom is -0.457 e. The Bertz CT molecular complexity index is 880. The van der Waals surface area contributed by atoms with Crippen molar-refractivity contribution in [3.63, 3.8) is 0 Å². The van der Waals surface area contributed by atoms with Crippen LogP contribution in [0.5, 0.6) is 0 Å². The van der Waals surface area contributed by atoms with Crippen molar-refractivity contribution in [1.29, 1.82) is 0 Å². The van der Waals surface area contributed by atoms with E-state index in [0.717, 1.165) is 68.9 Å². The van der Waals surface area contributed by atoms with Gasteiger partial charge in [0.1, 0.15) is 12.6 Å². The molecule has 2 aromatic rings. The summed E-state index contributed by atoms with van der Waals surface area (Å²) in [6, 6.07) is 20.4. The molecule has 33 heavy (non-hydrogen) atoms. The zero-order valence-corrected chi connectivity index (χ0v) is 20.1. The van der Waals surface area contributed by atoms with Crippen LogP contribution in [0.15, 0.2) is 60.7 Å². The fourth-order valence-electron chi connectivity index (χ4n) is 6.04. The molecule has 1 heterocycles. The lowest BCUT2D eigenvalue weighted by molar-refractivity contribution is -0.921. The van der Waals surface area contributed by atoms with Gasteiger partial charge in [0.25, 0.3) is 0 Å². The molecule has 4 nitrogen and oxygen atoms in total. The van der Waals surface area contributed by atoms with Crippen molar-refractivity contribution in [2.45, 2.75) is 69.4 Å². The van der Waals surface area contributed by atoms with Crippen molar-refractivity contribution in [3.8, 4) is 0 Å². The number of aryl methyl sites for hydroxylation is 1. The number of rotatable bonds is 9. The van der Waals surface area contributed by atoms with E-state index in [-0.39, 0.29) is 5.92 Å². The fraction of sp³-hybridized carbons (Fsp3) is 0.552. The third kappa shape index (κ3) is 5.50. The fourth-order valence-corrected chi connectivity index (χ4v) is 6.04. The zero-order chi connectivity index (χ0) is 23.2. The van der Waals surface area contributed by atoms with Gasteiger partial charge in [0.15, 0.2) is 5.60 Å². The Kier molecular flexibility index (Phi) is 7.87. The summed E-state index contributed by atoms with van der Waals surface area (Å²) in [7, 11) is 2.31. The van der Waals surface area contributed by atoms with Crippen LogP contribution in [0.1, 0.15) is 62.5 Å². The lowest BCUT2D eigenvalue weighted by atomic mass is 9.73. The normalized spacial score (nSPS) is 25.5. The highest BCUT2D eigenvalue weighted by Gasteiger charge is 2.48. The highest BCUT2D eigenvalue weighted by molar-refractivity contribution is 5.81. The highest BCUT2D eigenvalue weighted by atomic mass is 16.6. The molecule has 1 saturated carbocycles. The van der Waals surface area contributed by atoms with Gasteiger partial charge in [0.2, 0.25) is 0 Å². The van der Waals surface area contributed by atoms with E-state index in [1.165, 1.54) is 12.0 Å². The number of esters is 1. The molecule has 0 aromatic heterocycles. The molecule has 2 aliphatic rings. The Morgan fingerprint density at radius 1 is 0.970 bits per heavy atom. The summed E-state index contributed by atoms with van der Waals surface area (Å²) in [4.78, 5) is 13.5. The second-order valence-corrected chi connectivity index (χ2v) is 10.4. The number of likely N-dealkylation sites (N-methyl/N-ethyl adjacent to an activating group) is 1. The first-order valence-electron chi connectivity index (χ1n) is 12.9. The first-order chi connectivity index (χ1) is 16.0. The van der Waals surface area contributed by atoms with Crippen LogP contribution in [0, 0.1) is 5.92 Å². The predicted molar refractivity (Wildman–Crippen MR) is 132 cm³/mol. The van der Waals surface area contributed by atoms with Crippen molar-refractivity contribution in [2.75, 3.05) is 26.7 Å². The van der Waals surface area contributed by atoms with Crippen molar-refractivity contribution in [1.82, 2.24) is 0 Å². The SMILES string of the molecule is C[N+]1(CCCc2ccccc2)CCCC1COC(=O)[C@](O)(c1ccccc1)C1CCCCC1. The number of ether oxygens (including phenoxy) is 1. The third-order valence-corrected chi connectivity index (χ3v) is 8.19. The second kappa shape index (κ2) is 10.8. The number of aliphatic hydroxyl groups is 1. The number of likely N-dealkylation sites (tertiary alicyclic amines) is 1. The van der Waals surface area contributed by atoms with Gasteiger partial charge in [-0.15, -0.1) is 0 Å². The van der Waals surface area contributed by atoms with E-state index < -0.39 is 11.6 Å². The Morgan fingerprint density at radius 3 is 2.33 bits per heavy atom. The quantitative estimate of drug-likeness (QED) is 0.420. The molecular weight excluding hydrogens is 410 g/mol. The predicted octanol–water partition coefficient (Wildman–Crippen LogP) is 5.24. The van der Waals surface area contributed by atoms with E-state index in [1.54, 1.807) is 0 Å². The number of hydrogen-bond donors (Lipinski definition) is 1. The molecule has 0 spiro atoms. The molecule has 1 saturated heterocycles. The van der Waals surface area contributed by atoms with Gasteiger partial charge in [-0.25, -0.2) is 4.79 Å². The molecule has 178 valence electrons. The Hall–Kier alpha value is -2.17. The molecule has 1 aliphatic heterocycles. The highest BCUT2D eigenvalue weighted by Crippen LogP contribution is 2.40. The van der Waals surface area contributed by atoms with Crippen LogP contribution in [0.2, 0.25) is 0 Å². The van der Waals surface area contributed by atoms with Gasteiger partial charge in [-0.3, -0.25) is 0 Å². The minimum atomic E-state index is -1.54. The zero-order valence-electron chi connectivity index (χ0n) is 20.1. The van der Waals surface area contributed by atoms with Crippen LogP contribution in [0.3, 0.4) is 0 Å². The molecule has 0 radical (unpaired) electrons. The summed E-state index contributed by atoms with van der Waals surface area (Å²) in [6.07, 6.45) is 9.49. The molecule has 4 heteroatoms. The minimum absolute atomic E-state index is 0.0727. The molecule has 3 atom stereocenters. The van der Waals surface area contributed by atoms with E-state index in [0.29, 0.717) is 18.2 Å². The van der Waals surface area contributed by atoms with Crippen molar-refractivity contribution in [2.24, 2.45) is 5.92 Å². The number of carbonyl (C=O) groups excluding carboxylic acids is 1. The van der Waals surface area contributed by atoms with Crippen molar-refractivity contribution < 1.29 is 19.1 Å². The summed E-state index contributed by atoms with van der Waals surface area (Å²) >= 11 is 0. The molecule has 2 aromatic carbocycles. The van der Waals surface area contributed by atoms with E-state index in [2.05, 4.69) is 37.4 Å². The monoisotopic (exact) mass is 450 g/mol. The summed E-state index contributed by atoms with van der Waals surface area (Å²) < 4.78 is 6.91. The molecule has 2 fully saturated rings. The van der Waals surface area contributed by atoms with Crippen LogP contribution >= 0.6 is 0 Å². The van der Waals surface area contributed by atoms with Crippen LogP contribution in [0.4, 0.5) is 0 Å². The Morgan fingerprint density at radius 2 is 1.64 bits per heavy atom. The summed E-state index contributed by atoms with van der Waals surface area (Å²) in [6.45, 7) is 2.60. The topological polar surface area (TPSA) is 46.5 Å². The maximum Gasteiger partial charge on any atom is 0.343 e. The van der Waals surface area contributed by atoms with E-state index in [4.69, 9.17) is 4.74 Å². The van der Waals surface area contributed by atoms with Gasteiger partial charge >= 0.3 is 5.97 Å². The number of hydrogen-bond acceptors (Lipinski definition) is 3. The molecule has 0 bridgehead atoms. The van der Waals surface area contributed by atoms with Gasteiger partial charge in [-0.2, -0.15) is 0 Å². The first kappa shape index (κ1) is 24.0. The van der Waals surface area contributed by atoms with Gasteiger partial charge in [0, 0.05) is 25.2 Å². The van der Waals surface area contributed by atoms with E-state index in [1.807, 2.05) is 30.3 Å². The average Bonchev–Trinajstić information content (AvgIpc) is 3.23. The number of carbonyl (C=O) groups is 1.